The van der Waals surface area contributed by atoms with Crippen LogP contribution in [-0.4, -0.2) is 65.8 Å². The highest BCUT2D eigenvalue weighted by atomic mass is 32.2. The van der Waals surface area contributed by atoms with Gasteiger partial charge in [0.05, 0.1) is 50.0 Å². The molecule has 0 aromatic carbocycles. The molecule has 0 amide bonds. The number of aliphatic carboxylic acids is 2. The van der Waals surface area contributed by atoms with E-state index in [-0.39, 0.29) is 12.8 Å². The molecule has 0 aliphatic heterocycles. The first-order valence-corrected chi connectivity index (χ1v) is 11.8. The van der Waals surface area contributed by atoms with Gasteiger partial charge in [0.1, 0.15) is 0 Å². The molecule has 0 rings (SSSR count). The normalized spacial score (nSPS) is 10.6. The van der Waals surface area contributed by atoms with Gasteiger partial charge in [0, 0.05) is 0 Å². The highest BCUT2D eigenvalue weighted by molar-refractivity contribution is 7.66. The maximum Gasteiger partial charge on any atom is 0.303 e. The van der Waals surface area contributed by atoms with Crippen LogP contribution < -0.4 is 0 Å². The molecule has 29 heavy (non-hydrogen) atoms. The monoisotopic (exact) mass is 441 g/mol. The second-order valence-corrected chi connectivity index (χ2v) is 7.61. The van der Waals surface area contributed by atoms with Crippen molar-refractivity contribution in [3.8, 4) is 0 Å². The van der Waals surface area contributed by atoms with Crippen molar-refractivity contribution in [1.29, 1.82) is 0 Å². The van der Waals surface area contributed by atoms with E-state index in [9.17, 15) is 9.59 Å². The fourth-order valence-electron chi connectivity index (χ4n) is 2.86. The van der Waals surface area contributed by atoms with Crippen molar-refractivity contribution in [3.63, 3.8) is 0 Å². The summed E-state index contributed by atoms with van der Waals surface area (Å²) in [7, 11) is -3.37. The van der Waals surface area contributed by atoms with E-state index >= 15 is 0 Å². The van der Waals surface area contributed by atoms with E-state index in [1.807, 2.05) is 0 Å². The summed E-state index contributed by atoms with van der Waals surface area (Å²) in [6.07, 6.45) is 10.5. The number of quaternary nitrogens is 1. The summed E-state index contributed by atoms with van der Waals surface area (Å²) in [6, 6.07) is 0. The quantitative estimate of drug-likeness (QED) is 0.201. The van der Waals surface area contributed by atoms with Crippen molar-refractivity contribution in [1.82, 2.24) is 0 Å². The smallest absolute Gasteiger partial charge is 0.303 e. The minimum Gasteiger partial charge on any atom is -0.750 e. The van der Waals surface area contributed by atoms with E-state index < -0.39 is 22.9 Å². The van der Waals surface area contributed by atoms with Gasteiger partial charge in [0.2, 0.25) is 0 Å². The molecule has 0 bridgehead atoms. The zero-order valence-electron chi connectivity index (χ0n) is 18.7. The Kier molecular flexibility index (Phi) is 25.9. The Hall–Kier alpha value is -1.19. The highest BCUT2D eigenvalue weighted by Gasteiger charge is 2.24. The van der Waals surface area contributed by atoms with Crippen LogP contribution in [0.15, 0.2) is 0 Å². The molecule has 0 unspecified atom stereocenters. The summed E-state index contributed by atoms with van der Waals surface area (Å²) in [5.74, 6) is -2.15. The lowest BCUT2D eigenvalue weighted by Gasteiger charge is -2.39. The van der Waals surface area contributed by atoms with Crippen LogP contribution in [0, 0.1) is 0 Å². The zero-order chi connectivity index (χ0) is 23.1. The Morgan fingerprint density at radius 1 is 0.690 bits per heavy atom. The number of carboxylic acid groups (broad SMARTS) is 2. The van der Waals surface area contributed by atoms with Crippen molar-refractivity contribution in [2.24, 2.45) is 0 Å². The number of hydrogen-bond acceptors (Lipinski definition) is 5. The van der Waals surface area contributed by atoms with Gasteiger partial charge in [-0.25, -0.2) is 8.42 Å². The Morgan fingerprint density at radius 3 is 1.03 bits per heavy atom. The molecular weight excluding hydrogens is 398 g/mol. The predicted molar refractivity (Wildman–Crippen MR) is 115 cm³/mol. The van der Waals surface area contributed by atoms with E-state index in [2.05, 4.69) is 27.7 Å². The van der Waals surface area contributed by atoms with Crippen molar-refractivity contribution in [2.45, 2.75) is 91.9 Å². The lowest BCUT2D eigenvalue weighted by molar-refractivity contribution is -0.929. The number of nitrogens with zero attached hydrogens (tertiary/aromatic N) is 1. The van der Waals surface area contributed by atoms with Crippen LogP contribution >= 0.6 is 0 Å². The average molecular weight is 442 g/mol. The first-order valence-electron chi connectivity index (χ1n) is 10.7. The van der Waals surface area contributed by atoms with Crippen molar-refractivity contribution >= 4 is 22.9 Å². The van der Waals surface area contributed by atoms with Gasteiger partial charge in [-0.15, -0.1) is 0 Å². The molecule has 176 valence electrons. The third-order valence-corrected chi connectivity index (χ3v) is 4.50. The molecule has 0 aliphatic rings. The molecule has 0 heterocycles. The molecule has 8 nitrogen and oxygen atoms in total. The molecule has 0 atom stereocenters. The summed E-state index contributed by atoms with van der Waals surface area (Å²) >= 11 is 0. The molecule has 9 heteroatoms. The molecule has 0 saturated heterocycles. The van der Waals surface area contributed by atoms with Gasteiger partial charge >= 0.3 is 11.9 Å². The first-order chi connectivity index (χ1) is 13.6. The summed E-state index contributed by atoms with van der Waals surface area (Å²) in [4.78, 5) is 19.3. The minimum absolute atomic E-state index is 0.296. The van der Waals surface area contributed by atoms with Crippen LogP contribution in [0.25, 0.3) is 0 Å². The lowest BCUT2D eigenvalue weighted by atomic mass is 10.1. The summed E-state index contributed by atoms with van der Waals surface area (Å²) in [5, 5.41) is 15.8. The van der Waals surface area contributed by atoms with Crippen molar-refractivity contribution in [3.05, 3.63) is 0 Å². The highest BCUT2D eigenvalue weighted by Crippen LogP contribution is 2.16. The molecule has 0 spiro atoms. The van der Waals surface area contributed by atoms with Crippen molar-refractivity contribution in [2.75, 3.05) is 26.2 Å². The fraction of sp³-hybridized carbons (Fsp3) is 0.900. The van der Waals surface area contributed by atoms with E-state index in [0.29, 0.717) is 0 Å². The number of unbranched alkanes of at least 4 members (excludes halogenated alkanes) is 4. The molecule has 0 radical (unpaired) electrons. The molecule has 0 aromatic rings. The van der Waals surface area contributed by atoms with E-state index in [0.717, 1.165) is 0 Å². The summed E-state index contributed by atoms with van der Waals surface area (Å²) in [5.41, 5.74) is 0. The number of carboxylic acids is 2. The maximum absolute atomic E-state index is 9.64. The number of thiol groups is 1. The van der Waals surface area contributed by atoms with Gasteiger partial charge in [-0.05, 0) is 25.7 Å². The van der Waals surface area contributed by atoms with E-state index in [1.54, 1.807) is 0 Å². The molecule has 0 fully saturated rings. The van der Waals surface area contributed by atoms with Crippen LogP contribution in [0.2, 0.25) is 0 Å². The molecule has 0 saturated carbocycles. The Balaban J connectivity index is -0.000000465. The van der Waals surface area contributed by atoms with Crippen LogP contribution in [0.5, 0.6) is 0 Å². The fourth-order valence-corrected chi connectivity index (χ4v) is 2.86. The molecule has 0 aromatic heterocycles. The van der Waals surface area contributed by atoms with Crippen molar-refractivity contribution < 1.29 is 37.3 Å². The van der Waals surface area contributed by atoms with Gasteiger partial charge < -0.3 is 19.2 Å². The zero-order valence-corrected chi connectivity index (χ0v) is 19.6. The Labute approximate surface area is 178 Å². The maximum atomic E-state index is 9.64. The Morgan fingerprint density at radius 2 is 0.897 bits per heavy atom. The molecule has 2 N–H and O–H groups in total. The third kappa shape index (κ3) is 29.1. The standard InChI is InChI=1S/C16H36N.C4H6O4.H2O3S/c1-5-9-13-17(14-10-6-2,15-11-7-3)16-12-8-4;5-3(6)1-2-4(7)8;1-4(2)3/h5-16H2,1-4H3;1-2H2,(H,5,6)(H,7,8);4H,(H,1,2,3)/q+1;;/p-1. The minimum atomic E-state index is -3.37. The summed E-state index contributed by atoms with van der Waals surface area (Å²) < 4.78 is 26.9. The molecule has 0 aliphatic carbocycles. The predicted octanol–water partition coefficient (Wildman–Crippen LogP) is 3.67. The average Bonchev–Trinajstić information content (AvgIpc) is 2.65. The van der Waals surface area contributed by atoms with Gasteiger partial charge in [-0.1, -0.05) is 53.4 Å². The lowest BCUT2D eigenvalue weighted by Crippen LogP contribution is -2.50. The van der Waals surface area contributed by atoms with E-state index in [1.165, 1.54) is 82.0 Å². The van der Waals surface area contributed by atoms with Crippen LogP contribution in [0.3, 0.4) is 0 Å². The largest absolute Gasteiger partial charge is 0.750 e. The summed E-state index contributed by atoms with van der Waals surface area (Å²) in [6.45, 7) is 15.0. The number of rotatable bonds is 15. The van der Waals surface area contributed by atoms with E-state index in [4.69, 9.17) is 23.2 Å². The van der Waals surface area contributed by atoms with Gasteiger partial charge in [0.25, 0.3) is 0 Å². The topological polar surface area (TPSA) is 132 Å². The third-order valence-electron chi connectivity index (χ3n) is 4.50. The van der Waals surface area contributed by atoms with Crippen LogP contribution in [-0.2, 0) is 20.6 Å². The number of hydrogen-bond donors (Lipinski definition) is 3. The van der Waals surface area contributed by atoms with Gasteiger partial charge in [-0.3, -0.25) is 9.59 Å². The second-order valence-electron chi connectivity index (χ2n) is 7.16. The molecular formula is C20H43NO7S. The SMILES string of the molecule is CCCC[N+](CCCC)(CCCC)CCCC.O=C(O)CCC(=O)O.O=[SH](=O)[O-]. The first kappa shape index (κ1) is 32.5. The Bertz CT molecular complexity index is 408. The van der Waals surface area contributed by atoms with Crippen LogP contribution in [0.4, 0.5) is 0 Å². The van der Waals surface area contributed by atoms with Crippen LogP contribution in [0.1, 0.15) is 91.9 Å². The van der Waals surface area contributed by atoms with Gasteiger partial charge in [0.15, 0.2) is 0 Å². The second kappa shape index (κ2) is 23.1. The number of carbonyl (C=O) groups is 2. The van der Waals surface area contributed by atoms with Gasteiger partial charge in [-0.2, -0.15) is 0 Å².